The molecule has 0 heterocycles. The second kappa shape index (κ2) is 6.33. The smallest absolute Gasteiger partial charge is 0.340 e. The quantitative estimate of drug-likeness (QED) is 0.660. The van der Waals surface area contributed by atoms with Crippen molar-refractivity contribution in [3.8, 4) is 0 Å². The number of hydrogen-bond donors (Lipinski definition) is 1. The minimum Gasteiger partial charge on any atom is -0.457 e. The molecule has 0 spiro atoms. The third-order valence-corrected chi connectivity index (χ3v) is 3.46. The molecule has 0 unspecified atom stereocenters. The van der Waals surface area contributed by atoms with Gasteiger partial charge in [-0.1, -0.05) is 41.4 Å². The lowest BCUT2D eigenvalue weighted by atomic mass is 10.2. The van der Waals surface area contributed by atoms with Gasteiger partial charge >= 0.3 is 5.97 Å². The maximum atomic E-state index is 11.9. The van der Waals surface area contributed by atoms with Crippen LogP contribution in [0, 0.1) is 0 Å². The molecule has 2 rings (SSSR count). The van der Waals surface area contributed by atoms with Crippen LogP contribution in [0.5, 0.6) is 0 Å². The third kappa shape index (κ3) is 3.66. The summed E-state index contributed by atoms with van der Waals surface area (Å²) in [5, 5.41) is 0.895. The van der Waals surface area contributed by atoms with Gasteiger partial charge < -0.3 is 4.74 Å². The van der Waals surface area contributed by atoms with E-state index in [1.807, 2.05) is 12.1 Å². The molecule has 0 atom stereocenters. The molecule has 2 aromatic carbocycles. The number of carbonyl (C=O) groups excluding carboxylic acids is 1. The first kappa shape index (κ1) is 14.3. The van der Waals surface area contributed by atoms with Gasteiger partial charge in [0.05, 0.1) is 10.6 Å². The summed E-state index contributed by atoms with van der Waals surface area (Å²) in [7, 11) is 0. The van der Waals surface area contributed by atoms with Crippen LogP contribution in [0.3, 0.4) is 0 Å². The van der Waals surface area contributed by atoms with Gasteiger partial charge in [-0.05, 0) is 24.3 Å². The topological polar surface area (TPSA) is 26.3 Å². The first-order chi connectivity index (χ1) is 9.08. The highest BCUT2D eigenvalue weighted by Gasteiger charge is 2.13. The molecular formula is C14H10Cl2O2S. The third-order valence-electron chi connectivity index (χ3n) is 2.49. The molecule has 0 bridgehead atoms. The molecule has 2 nitrogen and oxygen atoms in total. The predicted octanol–water partition coefficient (Wildman–Crippen LogP) is 4.64. The highest BCUT2D eigenvalue weighted by Crippen LogP contribution is 2.22. The van der Waals surface area contributed by atoms with E-state index in [0.717, 1.165) is 5.56 Å². The van der Waals surface area contributed by atoms with E-state index in [1.54, 1.807) is 30.3 Å². The largest absolute Gasteiger partial charge is 0.457 e. The Labute approximate surface area is 126 Å². The first-order valence-corrected chi connectivity index (χ1v) is 6.67. The van der Waals surface area contributed by atoms with Crippen LogP contribution in [0.15, 0.2) is 47.4 Å². The second-order valence-corrected chi connectivity index (χ2v) is 5.16. The van der Waals surface area contributed by atoms with Gasteiger partial charge in [0.25, 0.3) is 0 Å². The summed E-state index contributed by atoms with van der Waals surface area (Å²) < 4.78 is 5.19. The van der Waals surface area contributed by atoms with E-state index in [-0.39, 0.29) is 6.61 Å². The zero-order valence-electron chi connectivity index (χ0n) is 9.77. The summed E-state index contributed by atoms with van der Waals surface area (Å²) in [4.78, 5) is 12.6. The molecule has 0 aromatic heterocycles. The number of thiol groups is 1. The monoisotopic (exact) mass is 312 g/mol. The fourth-order valence-electron chi connectivity index (χ4n) is 1.51. The van der Waals surface area contributed by atoms with Crippen molar-refractivity contribution in [3.63, 3.8) is 0 Å². The van der Waals surface area contributed by atoms with Gasteiger partial charge in [0.1, 0.15) is 6.61 Å². The minimum absolute atomic E-state index is 0.103. The van der Waals surface area contributed by atoms with Crippen LogP contribution in [0.25, 0.3) is 0 Å². The molecule has 5 heteroatoms. The molecule has 0 aliphatic carbocycles. The summed E-state index contributed by atoms with van der Waals surface area (Å²) in [6.07, 6.45) is 0. The van der Waals surface area contributed by atoms with Crippen LogP contribution in [-0.4, -0.2) is 5.97 Å². The Kier molecular flexibility index (Phi) is 4.75. The maximum Gasteiger partial charge on any atom is 0.340 e. The molecule has 0 saturated heterocycles. The van der Waals surface area contributed by atoms with Crippen LogP contribution >= 0.6 is 35.8 Å². The number of benzene rings is 2. The average Bonchev–Trinajstić information content (AvgIpc) is 2.40. The predicted molar refractivity (Wildman–Crippen MR) is 79.3 cm³/mol. The normalized spacial score (nSPS) is 10.3. The van der Waals surface area contributed by atoms with Crippen LogP contribution in [0.2, 0.25) is 10.0 Å². The molecule has 19 heavy (non-hydrogen) atoms. The second-order valence-electron chi connectivity index (χ2n) is 3.83. The zero-order chi connectivity index (χ0) is 13.8. The van der Waals surface area contributed by atoms with Gasteiger partial charge in [-0.3, -0.25) is 0 Å². The van der Waals surface area contributed by atoms with Crippen molar-refractivity contribution in [1.29, 1.82) is 0 Å². The van der Waals surface area contributed by atoms with Crippen LogP contribution in [0.1, 0.15) is 15.9 Å². The first-order valence-electron chi connectivity index (χ1n) is 5.47. The van der Waals surface area contributed by atoms with Gasteiger partial charge in [0, 0.05) is 15.5 Å². The van der Waals surface area contributed by atoms with Crippen molar-refractivity contribution < 1.29 is 9.53 Å². The molecule has 0 radical (unpaired) electrons. The summed E-state index contributed by atoms with van der Waals surface area (Å²) in [6, 6.07) is 12.1. The fourth-order valence-corrected chi connectivity index (χ4v) is 2.09. The summed E-state index contributed by atoms with van der Waals surface area (Å²) in [6.45, 7) is 0.103. The summed E-state index contributed by atoms with van der Waals surface area (Å²) in [5.74, 6) is -0.499. The van der Waals surface area contributed by atoms with Crippen molar-refractivity contribution >= 4 is 41.8 Å². The number of rotatable bonds is 3. The number of ether oxygens (including phenoxy) is 1. The van der Waals surface area contributed by atoms with Crippen molar-refractivity contribution in [3.05, 3.63) is 63.6 Å². The van der Waals surface area contributed by atoms with Gasteiger partial charge in [-0.25, -0.2) is 4.79 Å². The lowest BCUT2D eigenvalue weighted by Gasteiger charge is -2.08. The van der Waals surface area contributed by atoms with E-state index in [4.69, 9.17) is 27.9 Å². The Morgan fingerprint density at radius 1 is 1.11 bits per heavy atom. The van der Waals surface area contributed by atoms with Gasteiger partial charge in [-0.15, -0.1) is 12.6 Å². The van der Waals surface area contributed by atoms with E-state index in [2.05, 4.69) is 12.6 Å². The van der Waals surface area contributed by atoms with Crippen molar-refractivity contribution in [2.75, 3.05) is 0 Å². The molecule has 0 fully saturated rings. The molecule has 0 saturated carbocycles. The molecule has 2 aromatic rings. The highest BCUT2D eigenvalue weighted by molar-refractivity contribution is 7.80. The zero-order valence-corrected chi connectivity index (χ0v) is 12.2. The fraction of sp³-hybridized carbons (Fsp3) is 0.0714. The number of halogens is 2. The standard InChI is InChI=1S/C14H10Cl2O2S/c15-12-4-2-1-3-9(12)8-18-14(17)11-7-10(19)5-6-13(11)16/h1-7,19H,8H2. The Hall–Kier alpha value is -1.16. The van der Waals surface area contributed by atoms with Gasteiger partial charge in [-0.2, -0.15) is 0 Å². The van der Waals surface area contributed by atoms with E-state index < -0.39 is 5.97 Å². The Morgan fingerprint density at radius 2 is 1.84 bits per heavy atom. The summed E-state index contributed by atoms with van der Waals surface area (Å²) in [5.41, 5.74) is 1.04. The number of hydrogen-bond acceptors (Lipinski definition) is 3. The molecule has 0 aliphatic heterocycles. The van der Waals surface area contributed by atoms with Crippen LogP contribution < -0.4 is 0 Å². The maximum absolute atomic E-state index is 11.9. The van der Waals surface area contributed by atoms with Crippen molar-refractivity contribution in [2.24, 2.45) is 0 Å². The highest BCUT2D eigenvalue weighted by atomic mass is 35.5. The molecule has 0 amide bonds. The number of carbonyl (C=O) groups is 1. The van der Waals surface area contributed by atoms with E-state index >= 15 is 0 Å². The molecule has 98 valence electrons. The van der Waals surface area contributed by atoms with Crippen molar-refractivity contribution in [2.45, 2.75) is 11.5 Å². The molecular weight excluding hydrogens is 303 g/mol. The lowest BCUT2D eigenvalue weighted by molar-refractivity contribution is 0.0473. The van der Waals surface area contributed by atoms with Gasteiger partial charge in [0.15, 0.2) is 0 Å². The minimum atomic E-state index is -0.499. The Balaban J connectivity index is 2.10. The van der Waals surface area contributed by atoms with E-state index in [9.17, 15) is 4.79 Å². The Bertz CT molecular complexity index is 614. The number of esters is 1. The molecule has 0 N–H and O–H groups in total. The lowest BCUT2D eigenvalue weighted by Crippen LogP contribution is -2.06. The SMILES string of the molecule is O=C(OCc1ccccc1Cl)c1cc(S)ccc1Cl. The van der Waals surface area contributed by atoms with E-state index in [1.165, 1.54) is 0 Å². The van der Waals surface area contributed by atoms with E-state index in [0.29, 0.717) is 20.5 Å². The van der Waals surface area contributed by atoms with Crippen molar-refractivity contribution in [1.82, 2.24) is 0 Å². The average molecular weight is 313 g/mol. The Morgan fingerprint density at radius 3 is 2.58 bits per heavy atom. The molecule has 0 aliphatic rings. The van der Waals surface area contributed by atoms with Crippen LogP contribution in [0.4, 0.5) is 0 Å². The van der Waals surface area contributed by atoms with Gasteiger partial charge in [0.2, 0.25) is 0 Å². The summed E-state index contributed by atoms with van der Waals surface area (Å²) >= 11 is 16.1. The van der Waals surface area contributed by atoms with Crippen LogP contribution in [-0.2, 0) is 11.3 Å².